The van der Waals surface area contributed by atoms with Crippen molar-refractivity contribution in [2.45, 2.75) is 0 Å². The topological polar surface area (TPSA) is 45.8 Å². The van der Waals surface area contributed by atoms with Gasteiger partial charge in [0.05, 0.1) is 11.9 Å². The summed E-state index contributed by atoms with van der Waals surface area (Å²) < 4.78 is 13.2. The van der Waals surface area contributed by atoms with Gasteiger partial charge in [0.2, 0.25) is 0 Å². The minimum absolute atomic E-state index is 0.172. The van der Waals surface area contributed by atoms with Crippen molar-refractivity contribution in [3.05, 3.63) is 52.8 Å². The molecular weight excluding hydrogens is 183 g/mol. The molecule has 14 heavy (non-hydrogen) atoms. The highest BCUT2D eigenvalue weighted by molar-refractivity contribution is 5.58. The summed E-state index contributed by atoms with van der Waals surface area (Å²) in [5.41, 5.74) is 0.250. The van der Waals surface area contributed by atoms with Gasteiger partial charge in [0.1, 0.15) is 0 Å². The van der Waals surface area contributed by atoms with Crippen molar-refractivity contribution >= 4 is 0 Å². The molecule has 0 aliphatic rings. The fraction of sp³-hybridized carbons (Fsp3) is 0. The average molecular weight is 190 g/mol. The predicted octanol–water partition coefficient (Wildman–Crippen LogP) is 1.58. The van der Waals surface area contributed by atoms with Gasteiger partial charge in [-0.2, -0.15) is 4.98 Å². The largest absolute Gasteiger partial charge is 0.345 e. The van der Waals surface area contributed by atoms with Gasteiger partial charge in [-0.3, -0.25) is 0 Å². The zero-order chi connectivity index (χ0) is 9.97. The van der Waals surface area contributed by atoms with Gasteiger partial charge in [0, 0.05) is 5.56 Å². The summed E-state index contributed by atoms with van der Waals surface area (Å²) in [6.45, 7) is 0. The molecule has 2 rings (SSSR count). The van der Waals surface area contributed by atoms with E-state index in [4.69, 9.17) is 0 Å². The lowest BCUT2D eigenvalue weighted by Crippen LogP contribution is -2.11. The molecule has 0 radical (unpaired) electrons. The number of nitrogens with zero attached hydrogens (tertiary/aromatic N) is 1. The van der Waals surface area contributed by atoms with Crippen LogP contribution in [0, 0.1) is 5.82 Å². The Morgan fingerprint density at radius 2 is 1.93 bits per heavy atom. The summed E-state index contributed by atoms with van der Waals surface area (Å²) >= 11 is 0. The van der Waals surface area contributed by atoms with Crippen LogP contribution in [-0.2, 0) is 0 Å². The number of halogens is 1. The highest BCUT2D eigenvalue weighted by Crippen LogP contribution is 2.16. The molecule has 2 aromatic rings. The predicted molar refractivity (Wildman–Crippen MR) is 50.3 cm³/mol. The van der Waals surface area contributed by atoms with E-state index >= 15 is 0 Å². The van der Waals surface area contributed by atoms with Crippen molar-refractivity contribution in [2.24, 2.45) is 0 Å². The maximum atomic E-state index is 13.2. The fourth-order valence-electron chi connectivity index (χ4n) is 1.19. The molecule has 0 fully saturated rings. The van der Waals surface area contributed by atoms with Gasteiger partial charge in [-0.25, -0.2) is 9.18 Å². The molecule has 1 aromatic carbocycles. The number of nitrogens with one attached hydrogen (secondary N) is 1. The van der Waals surface area contributed by atoms with Gasteiger partial charge >= 0.3 is 5.69 Å². The molecule has 4 heteroatoms. The first-order valence-corrected chi connectivity index (χ1v) is 4.07. The van der Waals surface area contributed by atoms with E-state index in [1.165, 1.54) is 0 Å². The molecule has 0 amide bonds. The van der Waals surface area contributed by atoms with E-state index in [-0.39, 0.29) is 5.69 Å². The molecule has 0 saturated carbocycles. The van der Waals surface area contributed by atoms with Crippen LogP contribution in [0.5, 0.6) is 0 Å². The minimum Gasteiger partial charge on any atom is -0.303 e. The minimum atomic E-state index is -0.551. The second-order valence-electron chi connectivity index (χ2n) is 2.78. The van der Waals surface area contributed by atoms with Crippen LogP contribution in [0.3, 0.4) is 0 Å². The summed E-state index contributed by atoms with van der Waals surface area (Å²) in [7, 11) is 0. The standard InChI is InChI=1S/C10H7FN2O/c11-8-6-12-10(14)13-9(8)7-4-2-1-3-5-7/h1-6H,(H,12,13,14). The Bertz CT molecular complexity index is 493. The number of benzene rings is 1. The van der Waals surface area contributed by atoms with E-state index in [1.807, 2.05) is 6.07 Å². The molecule has 0 spiro atoms. The van der Waals surface area contributed by atoms with Crippen molar-refractivity contribution in [1.29, 1.82) is 0 Å². The normalized spacial score (nSPS) is 10.1. The zero-order valence-electron chi connectivity index (χ0n) is 7.20. The summed E-state index contributed by atoms with van der Waals surface area (Å²) in [5, 5.41) is 0. The molecule has 0 atom stereocenters. The molecule has 0 aliphatic carbocycles. The molecule has 1 N–H and O–H groups in total. The van der Waals surface area contributed by atoms with Crippen molar-refractivity contribution in [1.82, 2.24) is 9.97 Å². The summed E-state index contributed by atoms with van der Waals surface area (Å²) in [6, 6.07) is 8.80. The third kappa shape index (κ3) is 1.54. The third-order valence-electron chi connectivity index (χ3n) is 1.83. The maximum absolute atomic E-state index is 13.2. The molecule has 1 aromatic heterocycles. The van der Waals surface area contributed by atoms with Gasteiger partial charge in [-0.1, -0.05) is 30.3 Å². The number of H-pyrrole nitrogens is 1. The Hall–Kier alpha value is -1.97. The Labute approximate surface area is 79.3 Å². The van der Waals surface area contributed by atoms with Gasteiger partial charge < -0.3 is 4.98 Å². The van der Waals surface area contributed by atoms with E-state index in [0.29, 0.717) is 5.56 Å². The Morgan fingerprint density at radius 1 is 1.21 bits per heavy atom. The molecule has 1 heterocycles. The van der Waals surface area contributed by atoms with Gasteiger partial charge in [-0.05, 0) is 0 Å². The molecule has 70 valence electrons. The third-order valence-corrected chi connectivity index (χ3v) is 1.83. The van der Waals surface area contributed by atoms with E-state index < -0.39 is 11.5 Å². The number of aromatic nitrogens is 2. The molecular formula is C10H7FN2O. The van der Waals surface area contributed by atoms with Crippen molar-refractivity contribution in [3.8, 4) is 11.3 Å². The fourth-order valence-corrected chi connectivity index (χ4v) is 1.19. The van der Waals surface area contributed by atoms with Crippen LogP contribution in [0.25, 0.3) is 11.3 Å². The van der Waals surface area contributed by atoms with Crippen molar-refractivity contribution in [3.63, 3.8) is 0 Å². The van der Waals surface area contributed by atoms with Crippen LogP contribution >= 0.6 is 0 Å². The lowest BCUT2D eigenvalue weighted by molar-refractivity contribution is 0.615. The van der Waals surface area contributed by atoms with Gasteiger partial charge in [0.25, 0.3) is 0 Å². The molecule has 0 bridgehead atoms. The Kier molecular flexibility index (Phi) is 2.10. The molecule has 3 nitrogen and oxygen atoms in total. The number of hydrogen-bond acceptors (Lipinski definition) is 2. The lowest BCUT2D eigenvalue weighted by Gasteiger charge is -2.00. The zero-order valence-corrected chi connectivity index (χ0v) is 7.20. The summed E-state index contributed by atoms with van der Waals surface area (Å²) in [6.07, 6.45) is 0.918. The molecule has 0 aliphatic heterocycles. The number of rotatable bonds is 1. The monoisotopic (exact) mass is 190 g/mol. The lowest BCUT2D eigenvalue weighted by atomic mass is 10.1. The van der Waals surface area contributed by atoms with Gasteiger partial charge in [-0.15, -0.1) is 0 Å². The van der Waals surface area contributed by atoms with Gasteiger partial charge in [0.15, 0.2) is 5.82 Å². The first kappa shape index (κ1) is 8.62. The Morgan fingerprint density at radius 3 is 2.64 bits per heavy atom. The summed E-state index contributed by atoms with van der Waals surface area (Å²) in [4.78, 5) is 16.5. The van der Waals surface area contributed by atoms with Crippen LogP contribution in [0.2, 0.25) is 0 Å². The molecule has 0 saturated heterocycles. The number of aromatic amines is 1. The van der Waals surface area contributed by atoms with Crippen LogP contribution in [0.1, 0.15) is 0 Å². The second kappa shape index (κ2) is 3.41. The van der Waals surface area contributed by atoms with Crippen molar-refractivity contribution < 1.29 is 4.39 Å². The maximum Gasteiger partial charge on any atom is 0.345 e. The first-order valence-electron chi connectivity index (χ1n) is 4.07. The second-order valence-corrected chi connectivity index (χ2v) is 2.78. The highest BCUT2D eigenvalue weighted by atomic mass is 19.1. The van der Waals surface area contributed by atoms with Crippen LogP contribution in [0.4, 0.5) is 4.39 Å². The van der Waals surface area contributed by atoms with Crippen molar-refractivity contribution in [2.75, 3.05) is 0 Å². The smallest absolute Gasteiger partial charge is 0.303 e. The van der Waals surface area contributed by atoms with E-state index in [2.05, 4.69) is 9.97 Å². The quantitative estimate of drug-likeness (QED) is 0.741. The number of hydrogen-bond donors (Lipinski definition) is 1. The molecule has 0 unspecified atom stereocenters. The van der Waals surface area contributed by atoms with Crippen LogP contribution in [-0.4, -0.2) is 9.97 Å². The van der Waals surface area contributed by atoms with Crippen LogP contribution in [0.15, 0.2) is 41.3 Å². The van der Waals surface area contributed by atoms with E-state index in [9.17, 15) is 9.18 Å². The SMILES string of the molecule is O=c1ncc(F)c(-c2ccccc2)[nH]1. The van der Waals surface area contributed by atoms with E-state index in [0.717, 1.165) is 6.20 Å². The Balaban J connectivity index is 2.62. The summed E-state index contributed by atoms with van der Waals surface area (Å²) in [5.74, 6) is -0.532. The first-order chi connectivity index (χ1) is 6.77. The van der Waals surface area contributed by atoms with E-state index in [1.54, 1.807) is 24.3 Å². The highest BCUT2D eigenvalue weighted by Gasteiger charge is 2.05. The average Bonchev–Trinajstić information content (AvgIpc) is 2.23. The van der Waals surface area contributed by atoms with Crippen LogP contribution < -0.4 is 5.69 Å².